The monoisotopic (exact) mass is 545 g/mol. The van der Waals surface area contributed by atoms with Crippen LogP contribution in [-0.4, -0.2) is 75.2 Å². The van der Waals surface area contributed by atoms with Crippen LogP contribution in [0.3, 0.4) is 0 Å². The number of nitrogens with one attached hydrogen (secondary N) is 2. The Labute approximate surface area is 233 Å². The minimum Gasteiger partial charge on any atom is -0.493 e. The van der Waals surface area contributed by atoms with E-state index in [1.165, 1.54) is 11.0 Å². The summed E-state index contributed by atoms with van der Waals surface area (Å²) < 4.78 is 18.9. The number of aromatic nitrogens is 5. The smallest absolute Gasteiger partial charge is 0.248 e. The molecule has 12 heteroatoms. The Hall–Kier alpha value is -4.42. The molecule has 2 aromatic carbocycles. The molecule has 0 radical (unpaired) electrons. The standard InChI is InChI=1S/C28H35N9O3/c1-19-16-36(17-20(2)40-19)12-7-13-39-23-11-10-22(14-24(23)38-3)33-28-34-27(29)37(35-28)26-15-25(30-18-31-26)32-21-8-5-4-6-9-21/h4-6,8-11,14-15,18-20H,7,12-13,16-17H2,1-3H3,(H,30,31,32)(H3,29,33,34,35). The highest BCUT2D eigenvalue weighted by Gasteiger charge is 2.21. The van der Waals surface area contributed by atoms with Gasteiger partial charge in [-0.15, -0.1) is 5.10 Å². The number of ether oxygens (including phenoxy) is 3. The molecule has 2 atom stereocenters. The Morgan fingerprint density at radius 2 is 1.77 bits per heavy atom. The van der Waals surface area contributed by atoms with Gasteiger partial charge < -0.3 is 30.6 Å². The maximum Gasteiger partial charge on any atom is 0.248 e. The molecule has 2 aromatic heterocycles. The van der Waals surface area contributed by atoms with Crippen molar-refractivity contribution in [1.82, 2.24) is 29.6 Å². The third-order valence-corrected chi connectivity index (χ3v) is 6.34. The normalized spacial score (nSPS) is 17.4. The maximum atomic E-state index is 6.16. The van der Waals surface area contributed by atoms with Gasteiger partial charge in [0.25, 0.3) is 0 Å². The Balaban J connectivity index is 1.19. The third-order valence-electron chi connectivity index (χ3n) is 6.34. The first-order chi connectivity index (χ1) is 19.5. The first kappa shape index (κ1) is 27.2. The van der Waals surface area contributed by atoms with Gasteiger partial charge in [-0.05, 0) is 44.5 Å². The maximum absolute atomic E-state index is 6.16. The number of methoxy groups -OCH3 is 1. The Morgan fingerprint density at radius 1 is 0.975 bits per heavy atom. The number of benzene rings is 2. The zero-order valence-electron chi connectivity index (χ0n) is 22.9. The molecule has 1 aliphatic heterocycles. The molecular formula is C28H35N9O3. The lowest BCUT2D eigenvalue weighted by molar-refractivity contribution is -0.0686. The minimum absolute atomic E-state index is 0.183. The van der Waals surface area contributed by atoms with Crippen LogP contribution in [0.5, 0.6) is 11.5 Å². The molecule has 40 heavy (non-hydrogen) atoms. The van der Waals surface area contributed by atoms with E-state index >= 15 is 0 Å². The largest absolute Gasteiger partial charge is 0.493 e. The Morgan fingerprint density at radius 3 is 2.55 bits per heavy atom. The van der Waals surface area contributed by atoms with Gasteiger partial charge in [-0.3, -0.25) is 4.90 Å². The quantitative estimate of drug-likeness (QED) is 0.236. The van der Waals surface area contributed by atoms with Gasteiger partial charge in [0.1, 0.15) is 12.1 Å². The number of hydrogen-bond donors (Lipinski definition) is 3. The molecule has 4 N–H and O–H groups in total. The fraction of sp³-hybridized carbons (Fsp3) is 0.357. The molecule has 1 saturated heterocycles. The summed E-state index contributed by atoms with van der Waals surface area (Å²) in [6.45, 7) is 7.68. The molecule has 12 nitrogen and oxygen atoms in total. The van der Waals surface area contributed by atoms with E-state index in [1.807, 2.05) is 48.5 Å². The lowest BCUT2D eigenvalue weighted by atomic mass is 10.2. The number of nitrogens with zero attached hydrogens (tertiary/aromatic N) is 6. The molecule has 0 saturated carbocycles. The molecule has 0 aliphatic carbocycles. The summed E-state index contributed by atoms with van der Waals surface area (Å²) in [4.78, 5) is 15.3. The van der Waals surface area contributed by atoms with Gasteiger partial charge in [0, 0.05) is 43.1 Å². The van der Waals surface area contributed by atoms with Crippen molar-refractivity contribution in [2.75, 3.05) is 49.7 Å². The van der Waals surface area contributed by atoms with Crippen molar-refractivity contribution in [3.05, 3.63) is 60.9 Å². The number of anilines is 5. The summed E-state index contributed by atoms with van der Waals surface area (Å²) in [7, 11) is 1.61. The van der Waals surface area contributed by atoms with Crippen LogP contribution >= 0.6 is 0 Å². The van der Waals surface area contributed by atoms with Gasteiger partial charge in [0.2, 0.25) is 11.9 Å². The molecule has 0 spiro atoms. The molecule has 0 amide bonds. The van der Waals surface area contributed by atoms with E-state index in [4.69, 9.17) is 19.9 Å². The number of morpholine rings is 1. The highest BCUT2D eigenvalue weighted by molar-refractivity contribution is 5.61. The second-order valence-corrected chi connectivity index (χ2v) is 9.67. The zero-order chi connectivity index (χ0) is 27.9. The van der Waals surface area contributed by atoms with E-state index in [0.29, 0.717) is 35.7 Å². The summed E-state index contributed by atoms with van der Waals surface area (Å²) in [5.41, 5.74) is 7.80. The van der Waals surface area contributed by atoms with Crippen molar-refractivity contribution in [2.45, 2.75) is 32.5 Å². The van der Waals surface area contributed by atoms with Gasteiger partial charge in [-0.1, -0.05) is 18.2 Å². The molecule has 3 heterocycles. The van der Waals surface area contributed by atoms with Crippen LogP contribution in [0, 0.1) is 0 Å². The van der Waals surface area contributed by atoms with Crippen molar-refractivity contribution in [1.29, 1.82) is 0 Å². The van der Waals surface area contributed by atoms with Gasteiger partial charge in [-0.2, -0.15) is 9.67 Å². The summed E-state index contributed by atoms with van der Waals surface area (Å²) in [6.07, 6.45) is 2.88. The summed E-state index contributed by atoms with van der Waals surface area (Å²) >= 11 is 0. The topological polar surface area (TPSA) is 138 Å². The Kier molecular flexibility index (Phi) is 8.57. The van der Waals surface area contributed by atoms with Crippen molar-refractivity contribution in [2.24, 2.45) is 0 Å². The minimum atomic E-state index is 0.183. The molecule has 5 rings (SSSR count). The van der Waals surface area contributed by atoms with Crippen LogP contribution < -0.4 is 25.8 Å². The average molecular weight is 546 g/mol. The second-order valence-electron chi connectivity index (χ2n) is 9.67. The van der Waals surface area contributed by atoms with Crippen molar-refractivity contribution in [3.63, 3.8) is 0 Å². The SMILES string of the molecule is COc1cc(Nc2nc(N)n(-c3cc(Nc4ccccc4)ncn3)n2)ccc1OCCCN1CC(C)OC(C)C1. The zero-order valence-corrected chi connectivity index (χ0v) is 22.9. The van der Waals surface area contributed by atoms with Crippen LogP contribution in [0.2, 0.25) is 0 Å². The number of nitrogen functional groups attached to an aromatic ring is 1. The number of para-hydroxylation sites is 1. The molecule has 4 aromatic rings. The highest BCUT2D eigenvalue weighted by Crippen LogP contribution is 2.31. The van der Waals surface area contributed by atoms with Gasteiger partial charge in [0.05, 0.1) is 25.9 Å². The number of nitrogens with two attached hydrogens (primary N) is 1. The van der Waals surface area contributed by atoms with Crippen LogP contribution in [0.15, 0.2) is 60.9 Å². The van der Waals surface area contributed by atoms with E-state index in [2.05, 4.69) is 49.4 Å². The first-order valence-corrected chi connectivity index (χ1v) is 13.3. The second kappa shape index (κ2) is 12.6. The Bertz CT molecular complexity index is 1390. The van der Waals surface area contributed by atoms with Crippen molar-refractivity contribution < 1.29 is 14.2 Å². The summed E-state index contributed by atoms with van der Waals surface area (Å²) in [5, 5.41) is 10.9. The fourth-order valence-corrected chi connectivity index (χ4v) is 4.68. The van der Waals surface area contributed by atoms with E-state index in [9.17, 15) is 0 Å². The van der Waals surface area contributed by atoms with Gasteiger partial charge in [-0.25, -0.2) is 9.97 Å². The summed E-state index contributed by atoms with van der Waals surface area (Å²) in [5.74, 6) is 2.87. The molecule has 1 fully saturated rings. The predicted molar refractivity (Wildman–Crippen MR) is 154 cm³/mol. The lowest BCUT2D eigenvalue weighted by Crippen LogP contribution is -2.45. The summed E-state index contributed by atoms with van der Waals surface area (Å²) in [6, 6.07) is 17.1. The predicted octanol–water partition coefficient (Wildman–Crippen LogP) is 4.01. The molecule has 1 aliphatic rings. The van der Waals surface area contributed by atoms with E-state index in [1.54, 1.807) is 13.2 Å². The molecular weight excluding hydrogens is 510 g/mol. The number of hydrogen-bond acceptors (Lipinski definition) is 11. The molecule has 2 unspecified atom stereocenters. The van der Waals surface area contributed by atoms with E-state index < -0.39 is 0 Å². The molecule has 210 valence electrons. The van der Waals surface area contributed by atoms with Crippen molar-refractivity contribution >= 4 is 29.1 Å². The highest BCUT2D eigenvalue weighted by atomic mass is 16.5. The fourth-order valence-electron chi connectivity index (χ4n) is 4.68. The van der Waals surface area contributed by atoms with Crippen LogP contribution in [0.4, 0.5) is 29.1 Å². The van der Waals surface area contributed by atoms with Crippen LogP contribution in [0.1, 0.15) is 20.3 Å². The first-order valence-electron chi connectivity index (χ1n) is 13.3. The van der Waals surface area contributed by atoms with Crippen LogP contribution in [0.25, 0.3) is 5.82 Å². The third kappa shape index (κ3) is 6.96. The van der Waals surface area contributed by atoms with Crippen LogP contribution in [-0.2, 0) is 4.74 Å². The average Bonchev–Trinajstić information content (AvgIpc) is 3.31. The van der Waals surface area contributed by atoms with E-state index in [0.717, 1.165) is 37.4 Å². The number of rotatable bonds is 11. The van der Waals surface area contributed by atoms with Gasteiger partial charge >= 0.3 is 0 Å². The molecule has 0 bridgehead atoms. The van der Waals surface area contributed by atoms with Crippen molar-refractivity contribution in [3.8, 4) is 17.3 Å². The van der Waals surface area contributed by atoms with Gasteiger partial charge in [0.15, 0.2) is 17.3 Å². The van der Waals surface area contributed by atoms with E-state index in [-0.39, 0.29) is 18.2 Å². The lowest BCUT2D eigenvalue weighted by Gasteiger charge is -2.35.